The molecule has 1 aromatic carbocycles. The third-order valence-corrected chi connectivity index (χ3v) is 2.96. The largest absolute Gasteiger partial charge is 0.483 e. The molecule has 18 heavy (non-hydrogen) atoms. The summed E-state index contributed by atoms with van der Waals surface area (Å²) in [6, 6.07) is 10.7. The SMILES string of the molecule is [B]c1ccc2c(c1)C(=O)CC(c1ccccn1)O2. The van der Waals surface area contributed by atoms with E-state index in [1.54, 1.807) is 24.4 Å². The first-order valence-corrected chi connectivity index (χ1v) is 5.74. The van der Waals surface area contributed by atoms with Crippen molar-refractivity contribution in [1.82, 2.24) is 4.98 Å². The molecular formula is C14H10BNO2. The van der Waals surface area contributed by atoms with E-state index in [2.05, 4.69) is 4.98 Å². The molecule has 86 valence electrons. The number of rotatable bonds is 1. The fraction of sp³-hybridized carbons (Fsp3) is 0.143. The van der Waals surface area contributed by atoms with E-state index in [4.69, 9.17) is 12.6 Å². The summed E-state index contributed by atoms with van der Waals surface area (Å²) in [5.41, 5.74) is 1.90. The standard InChI is InChI=1S/C14H10BNO2/c15-9-4-5-13-10(7-9)12(17)8-14(18-13)11-3-1-2-6-16-11/h1-7,14H,8H2. The fourth-order valence-corrected chi connectivity index (χ4v) is 2.07. The van der Waals surface area contributed by atoms with Crippen molar-refractivity contribution < 1.29 is 9.53 Å². The number of ether oxygens (including phenoxy) is 1. The Bertz CT molecular complexity index is 598. The van der Waals surface area contributed by atoms with Crippen LogP contribution in [-0.2, 0) is 0 Å². The Morgan fingerprint density at radius 3 is 2.94 bits per heavy atom. The Morgan fingerprint density at radius 1 is 1.28 bits per heavy atom. The van der Waals surface area contributed by atoms with E-state index in [0.717, 1.165) is 5.69 Å². The van der Waals surface area contributed by atoms with Crippen LogP contribution >= 0.6 is 0 Å². The van der Waals surface area contributed by atoms with Gasteiger partial charge in [0.25, 0.3) is 0 Å². The molecule has 2 heterocycles. The van der Waals surface area contributed by atoms with E-state index in [1.165, 1.54) is 0 Å². The Kier molecular flexibility index (Phi) is 2.63. The number of carbonyl (C=O) groups excluding carboxylic acids is 1. The molecule has 1 atom stereocenters. The number of pyridine rings is 1. The predicted octanol–water partition coefficient (Wildman–Crippen LogP) is 1.58. The molecule has 0 fully saturated rings. The van der Waals surface area contributed by atoms with Crippen molar-refractivity contribution in [2.24, 2.45) is 0 Å². The van der Waals surface area contributed by atoms with Gasteiger partial charge in [0.2, 0.25) is 0 Å². The molecule has 3 nitrogen and oxygen atoms in total. The van der Waals surface area contributed by atoms with Gasteiger partial charge in [-0.15, -0.1) is 0 Å². The maximum atomic E-state index is 12.1. The molecule has 4 heteroatoms. The van der Waals surface area contributed by atoms with E-state index in [0.29, 0.717) is 23.2 Å². The van der Waals surface area contributed by atoms with Gasteiger partial charge in [0.15, 0.2) is 5.78 Å². The van der Waals surface area contributed by atoms with E-state index in [9.17, 15) is 4.79 Å². The third kappa shape index (κ3) is 1.90. The van der Waals surface area contributed by atoms with Crippen LogP contribution in [0.4, 0.5) is 0 Å². The highest BCUT2D eigenvalue weighted by Gasteiger charge is 2.28. The van der Waals surface area contributed by atoms with Crippen LogP contribution < -0.4 is 10.2 Å². The van der Waals surface area contributed by atoms with Crippen LogP contribution in [0.25, 0.3) is 0 Å². The van der Waals surface area contributed by atoms with Crippen molar-refractivity contribution in [3.8, 4) is 5.75 Å². The van der Waals surface area contributed by atoms with Gasteiger partial charge in [-0.05, 0) is 18.2 Å². The Balaban J connectivity index is 1.97. The summed E-state index contributed by atoms with van der Waals surface area (Å²) in [6.45, 7) is 0. The Morgan fingerprint density at radius 2 is 2.17 bits per heavy atom. The van der Waals surface area contributed by atoms with Crippen LogP contribution in [0.1, 0.15) is 28.6 Å². The lowest BCUT2D eigenvalue weighted by atomic mass is 9.90. The zero-order valence-electron chi connectivity index (χ0n) is 9.67. The van der Waals surface area contributed by atoms with Crippen LogP contribution in [0.2, 0.25) is 0 Å². The van der Waals surface area contributed by atoms with Crippen LogP contribution in [0.15, 0.2) is 42.6 Å². The van der Waals surface area contributed by atoms with Gasteiger partial charge in [-0.2, -0.15) is 0 Å². The summed E-state index contributed by atoms with van der Waals surface area (Å²) >= 11 is 0. The van der Waals surface area contributed by atoms with Gasteiger partial charge in [0.05, 0.1) is 17.7 Å². The average molecular weight is 235 g/mol. The zero-order valence-corrected chi connectivity index (χ0v) is 9.67. The molecule has 0 saturated heterocycles. The zero-order chi connectivity index (χ0) is 12.5. The number of hydrogen-bond acceptors (Lipinski definition) is 3. The highest BCUT2D eigenvalue weighted by Crippen LogP contribution is 2.33. The van der Waals surface area contributed by atoms with Gasteiger partial charge < -0.3 is 4.74 Å². The van der Waals surface area contributed by atoms with Crippen molar-refractivity contribution in [3.05, 3.63) is 53.9 Å². The van der Waals surface area contributed by atoms with Crippen molar-refractivity contribution in [2.45, 2.75) is 12.5 Å². The molecule has 2 radical (unpaired) electrons. The lowest BCUT2D eigenvalue weighted by Crippen LogP contribution is -2.22. The normalized spacial score (nSPS) is 18.0. The molecule has 1 aromatic heterocycles. The maximum Gasteiger partial charge on any atom is 0.170 e. The first kappa shape index (κ1) is 11.0. The monoisotopic (exact) mass is 235 g/mol. The number of aromatic nitrogens is 1. The lowest BCUT2D eigenvalue weighted by Gasteiger charge is -2.25. The highest BCUT2D eigenvalue weighted by molar-refractivity contribution is 6.32. The second kappa shape index (κ2) is 4.29. The number of benzene rings is 1. The first-order valence-electron chi connectivity index (χ1n) is 5.74. The molecule has 3 rings (SSSR count). The molecule has 1 unspecified atom stereocenters. The topological polar surface area (TPSA) is 39.2 Å². The summed E-state index contributed by atoms with van der Waals surface area (Å²) in [7, 11) is 5.67. The van der Waals surface area contributed by atoms with Gasteiger partial charge in [0, 0.05) is 6.20 Å². The Labute approximate surface area is 106 Å². The number of Topliss-reactive ketones (excluding diaryl/α,β-unsaturated/α-hetero) is 1. The highest BCUT2D eigenvalue weighted by atomic mass is 16.5. The molecule has 1 aliphatic rings. The summed E-state index contributed by atoms with van der Waals surface area (Å²) < 4.78 is 5.80. The maximum absolute atomic E-state index is 12.1. The minimum Gasteiger partial charge on any atom is -0.483 e. The van der Waals surface area contributed by atoms with Gasteiger partial charge in [-0.1, -0.05) is 23.7 Å². The van der Waals surface area contributed by atoms with Crippen molar-refractivity contribution in [3.63, 3.8) is 0 Å². The van der Waals surface area contributed by atoms with Gasteiger partial charge in [-0.3, -0.25) is 9.78 Å². The minimum atomic E-state index is -0.310. The molecule has 0 amide bonds. The summed E-state index contributed by atoms with van der Waals surface area (Å²) in [5, 5.41) is 0. The van der Waals surface area contributed by atoms with Crippen LogP contribution in [-0.4, -0.2) is 18.6 Å². The second-order valence-electron chi connectivity index (χ2n) is 4.24. The quantitative estimate of drug-likeness (QED) is 0.704. The molecule has 2 aromatic rings. The molecule has 0 saturated carbocycles. The van der Waals surface area contributed by atoms with Crippen LogP contribution in [0, 0.1) is 0 Å². The number of fused-ring (bicyclic) bond motifs is 1. The number of ketones is 1. The van der Waals surface area contributed by atoms with E-state index in [-0.39, 0.29) is 11.9 Å². The van der Waals surface area contributed by atoms with E-state index < -0.39 is 0 Å². The Hall–Kier alpha value is -2.10. The number of carbonyl (C=O) groups is 1. The molecule has 0 aliphatic carbocycles. The number of hydrogen-bond donors (Lipinski definition) is 0. The van der Waals surface area contributed by atoms with E-state index >= 15 is 0 Å². The molecule has 0 N–H and O–H groups in total. The van der Waals surface area contributed by atoms with Crippen molar-refractivity contribution >= 4 is 19.1 Å². The summed E-state index contributed by atoms with van der Waals surface area (Å²) in [4.78, 5) is 16.3. The average Bonchev–Trinajstić information content (AvgIpc) is 2.40. The minimum absolute atomic E-state index is 0.0409. The van der Waals surface area contributed by atoms with Crippen molar-refractivity contribution in [1.29, 1.82) is 0 Å². The van der Waals surface area contributed by atoms with Crippen LogP contribution in [0.5, 0.6) is 5.75 Å². The van der Waals surface area contributed by atoms with Crippen molar-refractivity contribution in [2.75, 3.05) is 0 Å². The fourth-order valence-electron chi connectivity index (χ4n) is 2.07. The lowest BCUT2D eigenvalue weighted by molar-refractivity contribution is 0.0845. The molecule has 0 spiro atoms. The molecular weight excluding hydrogens is 225 g/mol. The van der Waals surface area contributed by atoms with Gasteiger partial charge >= 0.3 is 0 Å². The third-order valence-electron chi connectivity index (χ3n) is 2.96. The predicted molar refractivity (Wildman–Crippen MR) is 68.4 cm³/mol. The summed E-state index contributed by atoms with van der Waals surface area (Å²) in [5.74, 6) is 0.621. The number of nitrogens with zero attached hydrogens (tertiary/aromatic N) is 1. The first-order chi connectivity index (χ1) is 8.74. The van der Waals surface area contributed by atoms with Gasteiger partial charge in [0.1, 0.15) is 19.7 Å². The van der Waals surface area contributed by atoms with Gasteiger partial charge in [-0.25, -0.2) is 0 Å². The van der Waals surface area contributed by atoms with Crippen LogP contribution in [0.3, 0.4) is 0 Å². The summed E-state index contributed by atoms with van der Waals surface area (Å²) in [6.07, 6.45) is 1.68. The second-order valence-corrected chi connectivity index (χ2v) is 4.24. The van der Waals surface area contributed by atoms with E-state index in [1.807, 2.05) is 18.2 Å². The molecule has 0 bridgehead atoms. The molecule has 1 aliphatic heterocycles. The smallest absolute Gasteiger partial charge is 0.170 e.